The number of hydrogen-bond acceptors (Lipinski definition) is 4. The second-order valence-electron chi connectivity index (χ2n) is 3.48. The topological polar surface area (TPSA) is 50.7 Å². The molecule has 1 aromatic rings. The van der Waals surface area contributed by atoms with Crippen LogP contribution in [0.2, 0.25) is 0 Å². The van der Waals surface area contributed by atoms with E-state index in [0.29, 0.717) is 18.8 Å². The van der Waals surface area contributed by atoms with Gasteiger partial charge in [-0.15, -0.1) is 6.42 Å². The molecule has 1 unspecified atom stereocenters. The lowest BCUT2D eigenvalue weighted by Crippen LogP contribution is -2.31. The molecule has 4 nitrogen and oxygen atoms in total. The molecular weight excluding hydrogens is 218 g/mol. The highest BCUT2D eigenvalue weighted by Gasteiger charge is 2.04. The molecule has 0 bridgehead atoms. The van der Waals surface area contributed by atoms with Crippen LogP contribution in [0.5, 0.6) is 11.5 Å². The first-order valence-electron chi connectivity index (χ1n) is 5.35. The maximum atomic E-state index is 9.56. The maximum Gasteiger partial charge on any atom is 0.119 e. The highest BCUT2D eigenvalue weighted by Crippen LogP contribution is 2.16. The summed E-state index contributed by atoms with van der Waals surface area (Å²) in [6, 6.07) is 7.19. The molecule has 0 heterocycles. The molecule has 92 valence electrons. The number of methoxy groups -OCH3 is 1. The van der Waals surface area contributed by atoms with Crippen LogP contribution in [0.4, 0.5) is 0 Å². The van der Waals surface area contributed by atoms with Gasteiger partial charge in [0.2, 0.25) is 0 Å². The van der Waals surface area contributed by atoms with Crippen LogP contribution >= 0.6 is 0 Å². The molecule has 0 aliphatic carbocycles. The summed E-state index contributed by atoms with van der Waals surface area (Å²) >= 11 is 0. The van der Waals surface area contributed by atoms with Gasteiger partial charge in [-0.1, -0.05) is 5.92 Å². The Morgan fingerprint density at radius 3 is 2.59 bits per heavy atom. The third-order valence-corrected chi connectivity index (χ3v) is 2.11. The SMILES string of the molecule is C#CCNCC(O)COc1ccc(OC)cc1. The Hall–Kier alpha value is -1.70. The van der Waals surface area contributed by atoms with Crippen molar-refractivity contribution in [3.63, 3.8) is 0 Å². The molecule has 0 amide bonds. The highest BCUT2D eigenvalue weighted by atomic mass is 16.5. The summed E-state index contributed by atoms with van der Waals surface area (Å²) in [7, 11) is 1.61. The van der Waals surface area contributed by atoms with Gasteiger partial charge in [-0.05, 0) is 24.3 Å². The number of aliphatic hydroxyl groups is 1. The number of aliphatic hydroxyl groups excluding tert-OH is 1. The highest BCUT2D eigenvalue weighted by molar-refractivity contribution is 5.31. The summed E-state index contributed by atoms with van der Waals surface area (Å²) in [5.41, 5.74) is 0. The Labute approximate surface area is 102 Å². The first-order chi connectivity index (χ1) is 8.26. The molecule has 0 spiro atoms. The second kappa shape index (κ2) is 7.55. The fourth-order valence-electron chi connectivity index (χ4n) is 1.23. The van der Waals surface area contributed by atoms with E-state index in [1.807, 2.05) is 0 Å². The summed E-state index contributed by atoms with van der Waals surface area (Å²) in [5.74, 6) is 3.90. The minimum atomic E-state index is -0.578. The van der Waals surface area contributed by atoms with Crippen LogP contribution < -0.4 is 14.8 Å². The minimum Gasteiger partial charge on any atom is -0.497 e. The molecular formula is C13H17NO3. The van der Waals surface area contributed by atoms with E-state index in [-0.39, 0.29) is 6.61 Å². The van der Waals surface area contributed by atoms with E-state index in [2.05, 4.69) is 11.2 Å². The lowest BCUT2D eigenvalue weighted by atomic mass is 10.3. The predicted molar refractivity (Wildman–Crippen MR) is 66.2 cm³/mol. The molecule has 0 saturated carbocycles. The van der Waals surface area contributed by atoms with E-state index >= 15 is 0 Å². The van der Waals surface area contributed by atoms with E-state index in [4.69, 9.17) is 15.9 Å². The second-order valence-corrected chi connectivity index (χ2v) is 3.48. The van der Waals surface area contributed by atoms with Gasteiger partial charge in [0.15, 0.2) is 0 Å². The standard InChI is InChI=1S/C13H17NO3/c1-3-8-14-9-11(15)10-17-13-6-4-12(16-2)5-7-13/h1,4-7,11,14-15H,8-10H2,2H3. The van der Waals surface area contributed by atoms with Crippen LogP contribution in [0.25, 0.3) is 0 Å². The van der Waals surface area contributed by atoms with Gasteiger partial charge < -0.3 is 19.9 Å². The van der Waals surface area contributed by atoms with Gasteiger partial charge in [-0.2, -0.15) is 0 Å². The zero-order valence-corrected chi connectivity index (χ0v) is 9.85. The van der Waals surface area contributed by atoms with Crippen molar-refractivity contribution >= 4 is 0 Å². The van der Waals surface area contributed by atoms with Gasteiger partial charge in [0, 0.05) is 6.54 Å². The molecule has 2 N–H and O–H groups in total. The Balaban J connectivity index is 2.27. The van der Waals surface area contributed by atoms with Gasteiger partial charge in [-0.25, -0.2) is 0 Å². The average molecular weight is 235 g/mol. The summed E-state index contributed by atoms with van der Waals surface area (Å²) in [6.07, 6.45) is 4.49. The molecule has 0 aromatic heterocycles. The number of benzene rings is 1. The van der Waals surface area contributed by atoms with Crippen molar-refractivity contribution in [3.8, 4) is 23.8 Å². The maximum absolute atomic E-state index is 9.56. The van der Waals surface area contributed by atoms with Crippen molar-refractivity contribution in [3.05, 3.63) is 24.3 Å². The van der Waals surface area contributed by atoms with Gasteiger partial charge in [0.25, 0.3) is 0 Å². The average Bonchev–Trinajstić information content (AvgIpc) is 2.37. The van der Waals surface area contributed by atoms with Crippen molar-refractivity contribution < 1.29 is 14.6 Å². The largest absolute Gasteiger partial charge is 0.497 e. The van der Waals surface area contributed by atoms with Crippen LogP contribution in [0, 0.1) is 12.3 Å². The van der Waals surface area contributed by atoms with Crippen molar-refractivity contribution in [1.29, 1.82) is 0 Å². The van der Waals surface area contributed by atoms with E-state index in [1.165, 1.54) is 0 Å². The Morgan fingerprint density at radius 2 is 2.00 bits per heavy atom. The number of terminal acetylenes is 1. The first-order valence-corrected chi connectivity index (χ1v) is 5.35. The Kier molecular flexibility index (Phi) is 5.94. The number of rotatable bonds is 7. The number of nitrogens with one attached hydrogen (secondary N) is 1. The van der Waals surface area contributed by atoms with Crippen LogP contribution in [0.15, 0.2) is 24.3 Å². The summed E-state index contributed by atoms with van der Waals surface area (Å²) < 4.78 is 10.4. The molecule has 17 heavy (non-hydrogen) atoms. The van der Waals surface area contributed by atoms with Gasteiger partial charge >= 0.3 is 0 Å². The van der Waals surface area contributed by atoms with E-state index in [9.17, 15) is 5.11 Å². The summed E-state index contributed by atoms with van der Waals surface area (Å²) in [5, 5.41) is 12.5. The molecule has 0 saturated heterocycles. The Bertz CT molecular complexity index is 356. The molecule has 1 aromatic carbocycles. The molecule has 4 heteroatoms. The first kappa shape index (κ1) is 13.4. The third-order valence-electron chi connectivity index (χ3n) is 2.11. The zero-order chi connectivity index (χ0) is 12.5. The zero-order valence-electron chi connectivity index (χ0n) is 9.85. The normalized spacial score (nSPS) is 11.6. The molecule has 1 rings (SSSR count). The third kappa shape index (κ3) is 5.25. The van der Waals surface area contributed by atoms with Crippen LogP contribution in [0.3, 0.4) is 0 Å². The van der Waals surface area contributed by atoms with E-state index in [0.717, 1.165) is 5.75 Å². The van der Waals surface area contributed by atoms with Crippen molar-refractivity contribution in [2.75, 3.05) is 26.8 Å². The lowest BCUT2D eigenvalue weighted by molar-refractivity contribution is 0.107. The van der Waals surface area contributed by atoms with Crippen LogP contribution in [-0.2, 0) is 0 Å². The fraction of sp³-hybridized carbons (Fsp3) is 0.385. The van der Waals surface area contributed by atoms with Gasteiger partial charge in [0.05, 0.1) is 13.7 Å². The lowest BCUT2D eigenvalue weighted by Gasteiger charge is -2.12. The minimum absolute atomic E-state index is 0.226. The van der Waals surface area contributed by atoms with Crippen LogP contribution in [0.1, 0.15) is 0 Å². The number of hydrogen-bond donors (Lipinski definition) is 2. The number of ether oxygens (including phenoxy) is 2. The van der Waals surface area contributed by atoms with E-state index < -0.39 is 6.10 Å². The van der Waals surface area contributed by atoms with E-state index in [1.54, 1.807) is 31.4 Å². The molecule has 0 radical (unpaired) electrons. The monoisotopic (exact) mass is 235 g/mol. The van der Waals surface area contributed by atoms with Gasteiger partial charge in [0.1, 0.15) is 24.2 Å². The summed E-state index contributed by atoms with van der Waals surface area (Å²) in [4.78, 5) is 0. The summed E-state index contributed by atoms with van der Waals surface area (Å²) in [6.45, 7) is 1.09. The van der Waals surface area contributed by atoms with Crippen molar-refractivity contribution in [2.45, 2.75) is 6.10 Å². The smallest absolute Gasteiger partial charge is 0.119 e. The molecule has 0 aliphatic heterocycles. The van der Waals surface area contributed by atoms with Crippen molar-refractivity contribution in [2.24, 2.45) is 0 Å². The Morgan fingerprint density at radius 1 is 1.35 bits per heavy atom. The molecule has 0 fully saturated rings. The molecule has 0 aliphatic rings. The van der Waals surface area contributed by atoms with Crippen molar-refractivity contribution in [1.82, 2.24) is 5.32 Å². The predicted octanol–water partition coefficient (Wildman–Crippen LogP) is 0.658. The molecule has 1 atom stereocenters. The quantitative estimate of drug-likeness (QED) is 0.538. The van der Waals surface area contributed by atoms with Crippen LogP contribution in [-0.4, -0.2) is 38.0 Å². The fourth-order valence-corrected chi connectivity index (χ4v) is 1.23. The van der Waals surface area contributed by atoms with Gasteiger partial charge in [-0.3, -0.25) is 0 Å².